The van der Waals surface area contributed by atoms with Gasteiger partial charge in [0.25, 0.3) is 0 Å². The Morgan fingerprint density at radius 2 is 2.28 bits per heavy atom. The Labute approximate surface area is 114 Å². The van der Waals surface area contributed by atoms with Crippen LogP contribution in [0.3, 0.4) is 0 Å². The van der Waals surface area contributed by atoms with Crippen LogP contribution in [0.1, 0.15) is 38.2 Å². The molecule has 1 saturated carbocycles. The van der Waals surface area contributed by atoms with E-state index in [0.29, 0.717) is 6.54 Å². The Kier molecular flexibility index (Phi) is 4.29. The molecule has 0 saturated heterocycles. The molecule has 0 radical (unpaired) electrons. The Bertz CT molecular complexity index is 421. The lowest BCUT2D eigenvalue weighted by Crippen LogP contribution is -2.37. The molecule has 0 bridgehead atoms. The highest BCUT2D eigenvalue weighted by molar-refractivity contribution is 6.30. The van der Waals surface area contributed by atoms with E-state index in [2.05, 4.69) is 6.92 Å². The van der Waals surface area contributed by atoms with Crippen molar-refractivity contribution in [2.45, 2.75) is 39.0 Å². The van der Waals surface area contributed by atoms with E-state index in [-0.39, 0.29) is 16.3 Å². The Hall–Kier alpha value is -0.600. The van der Waals surface area contributed by atoms with E-state index >= 15 is 0 Å². The maximum Gasteiger partial charge on any atom is 0.141 e. The summed E-state index contributed by atoms with van der Waals surface area (Å²) in [5.41, 5.74) is 7.29. The van der Waals surface area contributed by atoms with Gasteiger partial charge < -0.3 is 5.73 Å². The Balaban J connectivity index is 2.16. The summed E-state index contributed by atoms with van der Waals surface area (Å²) < 4.78 is 13.2. The average molecular weight is 270 g/mol. The molecule has 0 amide bonds. The lowest BCUT2D eigenvalue weighted by molar-refractivity contribution is 0.154. The number of rotatable bonds is 3. The van der Waals surface area contributed by atoms with Crippen molar-refractivity contribution in [1.82, 2.24) is 0 Å². The van der Waals surface area contributed by atoms with E-state index in [9.17, 15) is 4.39 Å². The highest BCUT2D eigenvalue weighted by atomic mass is 35.5. The van der Waals surface area contributed by atoms with Crippen LogP contribution in [-0.2, 0) is 6.42 Å². The van der Waals surface area contributed by atoms with Crippen LogP contribution in [-0.4, -0.2) is 6.54 Å². The van der Waals surface area contributed by atoms with Crippen molar-refractivity contribution in [3.05, 3.63) is 34.6 Å². The number of nitrogens with two attached hydrogens (primary N) is 1. The van der Waals surface area contributed by atoms with Crippen molar-refractivity contribution < 1.29 is 4.39 Å². The largest absolute Gasteiger partial charge is 0.330 e. The molecule has 100 valence electrons. The summed E-state index contributed by atoms with van der Waals surface area (Å²) in [7, 11) is 0. The fourth-order valence-corrected chi connectivity index (χ4v) is 3.47. The van der Waals surface area contributed by atoms with Crippen molar-refractivity contribution in [3.63, 3.8) is 0 Å². The van der Waals surface area contributed by atoms with Gasteiger partial charge in [-0.3, -0.25) is 0 Å². The number of benzene rings is 1. The monoisotopic (exact) mass is 269 g/mol. The van der Waals surface area contributed by atoms with Crippen LogP contribution in [0.5, 0.6) is 0 Å². The van der Waals surface area contributed by atoms with Gasteiger partial charge >= 0.3 is 0 Å². The van der Waals surface area contributed by atoms with Gasteiger partial charge in [0.05, 0.1) is 5.02 Å². The van der Waals surface area contributed by atoms with E-state index in [4.69, 9.17) is 17.3 Å². The molecule has 0 spiro atoms. The number of hydrogen-bond donors (Lipinski definition) is 1. The summed E-state index contributed by atoms with van der Waals surface area (Å²) in [5, 5.41) is 0.212. The fourth-order valence-electron chi connectivity index (χ4n) is 3.27. The predicted octanol–water partition coefficient (Wildman–Crippen LogP) is 4.18. The average Bonchev–Trinajstić information content (AvgIpc) is 2.34. The molecule has 2 atom stereocenters. The third kappa shape index (κ3) is 3.04. The van der Waals surface area contributed by atoms with Crippen molar-refractivity contribution in [1.29, 1.82) is 0 Å². The maximum absolute atomic E-state index is 13.2. The van der Waals surface area contributed by atoms with Gasteiger partial charge in [-0.15, -0.1) is 0 Å². The van der Waals surface area contributed by atoms with Crippen LogP contribution in [0.2, 0.25) is 5.02 Å². The summed E-state index contributed by atoms with van der Waals surface area (Å²) >= 11 is 5.84. The van der Waals surface area contributed by atoms with Crippen LogP contribution in [0.15, 0.2) is 18.2 Å². The zero-order valence-electron chi connectivity index (χ0n) is 10.9. The Morgan fingerprint density at radius 3 is 2.89 bits per heavy atom. The lowest BCUT2D eigenvalue weighted by Gasteiger charge is -2.39. The third-order valence-electron chi connectivity index (χ3n) is 4.18. The van der Waals surface area contributed by atoms with Gasteiger partial charge in [-0.2, -0.15) is 0 Å². The molecular formula is C15H21ClFN. The van der Waals surface area contributed by atoms with Gasteiger partial charge in [0.2, 0.25) is 0 Å². The highest BCUT2D eigenvalue weighted by Crippen LogP contribution is 2.41. The molecule has 0 heterocycles. The van der Waals surface area contributed by atoms with E-state index in [1.165, 1.54) is 31.7 Å². The topological polar surface area (TPSA) is 26.0 Å². The minimum Gasteiger partial charge on any atom is -0.330 e. The van der Waals surface area contributed by atoms with E-state index in [1.54, 1.807) is 6.07 Å². The minimum absolute atomic E-state index is 0.179. The lowest BCUT2D eigenvalue weighted by atomic mass is 9.67. The minimum atomic E-state index is -0.348. The molecule has 1 nitrogen and oxygen atoms in total. The summed E-state index contributed by atoms with van der Waals surface area (Å²) in [5.74, 6) is 0.387. The number of hydrogen-bond acceptors (Lipinski definition) is 1. The maximum atomic E-state index is 13.2. The zero-order chi connectivity index (χ0) is 13.2. The van der Waals surface area contributed by atoms with E-state index in [1.807, 2.05) is 6.07 Å². The molecule has 3 heteroatoms. The molecular weight excluding hydrogens is 249 g/mol. The van der Waals surface area contributed by atoms with Gasteiger partial charge in [0.1, 0.15) is 5.82 Å². The SMILES string of the molecule is CC1CCCC(CN)(Cc2ccc(F)c(Cl)c2)C1. The quantitative estimate of drug-likeness (QED) is 0.875. The van der Waals surface area contributed by atoms with Gasteiger partial charge in [-0.25, -0.2) is 4.39 Å². The van der Waals surface area contributed by atoms with Crippen molar-refractivity contribution in [2.24, 2.45) is 17.1 Å². The van der Waals surface area contributed by atoms with Gasteiger partial charge in [-0.05, 0) is 54.8 Å². The first-order valence-electron chi connectivity index (χ1n) is 6.69. The molecule has 1 aliphatic rings. The van der Waals surface area contributed by atoms with Crippen molar-refractivity contribution in [3.8, 4) is 0 Å². The zero-order valence-corrected chi connectivity index (χ0v) is 11.6. The molecule has 1 aliphatic carbocycles. The number of halogens is 2. The van der Waals surface area contributed by atoms with Crippen LogP contribution in [0.25, 0.3) is 0 Å². The van der Waals surface area contributed by atoms with Crippen LogP contribution in [0, 0.1) is 17.2 Å². The van der Waals surface area contributed by atoms with E-state index in [0.717, 1.165) is 17.9 Å². The summed E-state index contributed by atoms with van der Waals surface area (Å²) in [6.07, 6.45) is 5.79. The molecule has 0 aliphatic heterocycles. The second-order valence-electron chi connectivity index (χ2n) is 5.83. The molecule has 2 unspecified atom stereocenters. The second-order valence-corrected chi connectivity index (χ2v) is 6.24. The summed E-state index contributed by atoms with van der Waals surface area (Å²) in [6.45, 7) is 2.99. The highest BCUT2D eigenvalue weighted by Gasteiger charge is 2.33. The van der Waals surface area contributed by atoms with Crippen molar-refractivity contribution >= 4 is 11.6 Å². The second kappa shape index (κ2) is 5.58. The van der Waals surface area contributed by atoms with Crippen LogP contribution in [0.4, 0.5) is 4.39 Å². The molecule has 0 aromatic heterocycles. The first-order valence-corrected chi connectivity index (χ1v) is 7.06. The smallest absolute Gasteiger partial charge is 0.141 e. The van der Waals surface area contributed by atoms with Gasteiger partial charge in [0.15, 0.2) is 0 Å². The van der Waals surface area contributed by atoms with Crippen LogP contribution >= 0.6 is 11.6 Å². The van der Waals surface area contributed by atoms with Crippen molar-refractivity contribution in [2.75, 3.05) is 6.54 Å². The first kappa shape index (κ1) is 13.8. The summed E-state index contributed by atoms with van der Waals surface area (Å²) in [6, 6.07) is 5.03. The normalized spacial score (nSPS) is 28.3. The molecule has 2 N–H and O–H groups in total. The molecule has 1 aromatic carbocycles. The van der Waals surface area contributed by atoms with Crippen LogP contribution < -0.4 is 5.73 Å². The molecule has 1 aromatic rings. The third-order valence-corrected chi connectivity index (χ3v) is 4.47. The summed E-state index contributed by atoms with van der Waals surface area (Å²) in [4.78, 5) is 0. The Morgan fingerprint density at radius 1 is 1.50 bits per heavy atom. The standard InChI is InChI=1S/C15H21ClFN/c1-11-3-2-6-15(8-11,10-18)9-12-4-5-14(17)13(16)7-12/h4-5,7,11H,2-3,6,8-10,18H2,1H3. The fraction of sp³-hybridized carbons (Fsp3) is 0.600. The predicted molar refractivity (Wildman–Crippen MR) is 74.2 cm³/mol. The van der Waals surface area contributed by atoms with Gasteiger partial charge in [-0.1, -0.05) is 37.4 Å². The molecule has 18 heavy (non-hydrogen) atoms. The molecule has 1 fully saturated rings. The van der Waals surface area contributed by atoms with Gasteiger partial charge in [0, 0.05) is 0 Å². The molecule has 2 rings (SSSR count). The van der Waals surface area contributed by atoms with E-state index < -0.39 is 0 Å². The first-order chi connectivity index (χ1) is 8.54.